The number of carbonyl (C=O) groups is 9. The van der Waals surface area contributed by atoms with Crippen LogP contribution in [0.1, 0.15) is 156 Å². The number of carbonyl (C=O) groups excluding carboxylic acids is 9. The number of hydrogen-bond acceptors (Lipinski definition) is 18. The minimum Gasteiger partial charge on any atom is -0.481 e. The fourth-order valence-electron chi connectivity index (χ4n) is 7.20. The van der Waals surface area contributed by atoms with E-state index >= 15 is 0 Å². The number of ether oxygens (including phenoxy) is 9. The van der Waals surface area contributed by atoms with Crippen molar-refractivity contribution >= 4 is 53.9 Å². The largest absolute Gasteiger partial charge is 0.481 e. The van der Waals surface area contributed by atoms with Crippen molar-refractivity contribution in [3.05, 3.63) is 89.5 Å². The van der Waals surface area contributed by atoms with Crippen LogP contribution in [0.2, 0.25) is 0 Å². The minimum absolute atomic E-state index is 0.247. The number of rotatable bonds is 21. The third-order valence-electron chi connectivity index (χ3n) is 11.6. The summed E-state index contributed by atoms with van der Waals surface area (Å²) in [7, 11) is 3.61. The molecule has 6 N–H and O–H groups in total. The molecule has 3 aromatic carbocycles. The summed E-state index contributed by atoms with van der Waals surface area (Å²) in [6.07, 6.45) is -2.15. The van der Waals surface area contributed by atoms with Gasteiger partial charge in [0.1, 0.15) is 72.0 Å². The molecule has 0 aliphatic carbocycles. The van der Waals surface area contributed by atoms with E-state index in [1.54, 1.807) is 197 Å². The topological polar surface area (TPSA) is 309 Å². The molecule has 492 valence electrons. The first-order valence-electron chi connectivity index (χ1n) is 28.3. The van der Waals surface area contributed by atoms with Crippen molar-refractivity contribution in [2.24, 2.45) is 0 Å². The molecule has 0 saturated heterocycles. The van der Waals surface area contributed by atoms with Gasteiger partial charge in [0.25, 0.3) is 17.7 Å². The molecule has 0 bridgehead atoms. The maximum absolute atomic E-state index is 12.7. The molecule has 0 aliphatic rings. The Morgan fingerprint density at radius 3 is 0.722 bits per heavy atom. The zero-order valence-electron chi connectivity index (χ0n) is 55.6. The molecule has 24 heteroatoms. The molecule has 0 aromatic heterocycles. The number of hydrogen-bond donors (Lipinski definition) is 6. The van der Waals surface area contributed by atoms with E-state index in [0.717, 1.165) is 0 Å². The van der Waals surface area contributed by atoms with Gasteiger partial charge in [0.2, 0.25) is 0 Å². The maximum Gasteiger partial charge on any atom is 0.408 e. The average Bonchev–Trinajstić information content (AvgIpc) is 1.11. The van der Waals surface area contributed by atoms with Crippen LogP contribution in [0.3, 0.4) is 0 Å². The van der Waals surface area contributed by atoms with Gasteiger partial charge in [-0.25, -0.2) is 28.8 Å². The molecule has 0 aliphatic heterocycles. The van der Waals surface area contributed by atoms with E-state index in [9.17, 15) is 43.2 Å². The number of benzene rings is 3. The molecule has 24 nitrogen and oxygen atoms in total. The van der Waals surface area contributed by atoms with Crippen molar-refractivity contribution in [1.29, 1.82) is 0 Å². The fourth-order valence-corrected chi connectivity index (χ4v) is 7.20. The predicted molar refractivity (Wildman–Crippen MR) is 336 cm³/mol. The van der Waals surface area contributed by atoms with Gasteiger partial charge in [-0.3, -0.25) is 14.4 Å². The van der Waals surface area contributed by atoms with E-state index in [1.807, 2.05) is 0 Å². The normalized spacial score (nSPS) is 12.0. The highest BCUT2D eigenvalue weighted by atomic mass is 16.6. The Labute approximate surface area is 529 Å². The summed E-state index contributed by atoms with van der Waals surface area (Å²) < 4.78 is 46.4. The maximum atomic E-state index is 12.7. The van der Waals surface area contributed by atoms with Gasteiger partial charge in [0.15, 0.2) is 0 Å². The van der Waals surface area contributed by atoms with Gasteiger partial charge in [-0.2, -0.15) is 0 Å². The molecule has 3 rings (SSSR count). The summed E-state index contributed by atoms with van der Waals surface area (Å²) in [6.45, 7) is 30.9. The summed E-state index contributed by atoms with van der Waals surface area (Å²) >= 11 is 0. The minimum atomic E-state index is -1.19. The molecule has 6 amide bonds. The first kappa shape index (κ1) is 78.4. The highest BCUT2D eigenvalue weighted by Gasteiger charge is 2.43. The highest BCUT2D eigenvalue weighted by Crippen LogP contribution is 2.21. The van der Waals surface area contributed by atoms with Crippen LogP contribution in [0.4, 0.5) is 14.4 Å². The van der Waals surface area contributed by atoms with Gasteiger partial charge in [0, 0.05) is 16.7 Å². The van der Waals surface area contributed by atoms with Crippen molar-refractivity contribution in [3.63, 3.8) is 0 Å². The molecule has 3 aromatic rings. The molecular weight excluding hydrogens is 1160 g/mol. The molecule has 0 radical (unpaired) electrons. The van der Waals surface area contributed by atoms with Gasteiger partial charge in [0.05, 0.1) is 37.9 Å². The number of nitrogens with one attached hydrogen (secondary N) is 6. The lowest BCUT2D eigenvalue weighted by molar-refractivity contribution is -0.145. The Hall–Kier alpha value is -9.63. The third-order valence-corrected chi connectivity index (χ3v) is 11.6. The number of alkyl carbamates (subject to hydrolysis) is 3. The third kappa shape index (κ3) is 29.8. The van der Waals surface area contributed by atoms with Crippen molar-refractivity contribution in [2.45, 2.75) is 176 Å². The molecule has 0 heterocycles. The number of amides is 6. The van der Waals surface area contributed by atoms with Gasteiger partial charge >= 0.3 is 36.2 Å². The first-order valence-corrected chi connectivity index (χ1v) is 28.3. The lowest BCUT2D eigenvalue weighted by atomic mass is 9.94. The van der Waals surface area contributed by atoms with Crippen LogP contribution in [0, 0.1) is 35.5 Å². The summed E-state index contributed by atoms with van der Waals surface area (Å²) in [5.74, 6) is 14.5. The first-order chi connectivity index (χ1) is 41.7. The molecule has 1 unspecified atom stereocenters. The molecule has 0 saturated carbocycles. The van der Waals surface area contributed by atoms with E-state index in [1.165, 1.54) is 21.3 Å². The van der Waals surface area contributed by atoms with Gasteiger partial charge in [-0.15, -0.1) is 17.8 Å². The second kappa shape index (κ2) is 36.0. The Morgan fingerprint density at radius 1 is 0.356 bits per heavy atom. The van der Waals surface area contributed by atoms with Crippen LogP contribution < -0.4 is 46.1 Å². The number of methoxy groups -OCH3 is 3. The lowest BCUT2D eigenvalue weighted by Gasteiger charge is -2.34. The summed E-state index contributed by atoms with van der Waals surface area (Å²) in [5.41, 5.74) is -4.76. The van der Waals surface area contributed by atoms with Crippen molar-refractivity contribution in [1.82, 2.24) is 31.9 Å². The van der Waals surface area contributed by atoms with Crippen molar-refractivity contribution in [2.75, 3.05) is 41.2 Å². The Balaban J connectivity index is 0.000000675. The van der Waals surface area contributed by atoms with Crippen LogP contribution >= 0.6 is 0 Å². The summed E-state index contributed by atoms with van der Waals surface area (Å²) in [4.78, 5) is 112. The Morgan fingerprint density at radius 2 is 0.556 bits per heavy atom. The second-order valence-corrected chi connectivity index (χ2v) is 24.1. The SMILES string of the molecule is CC#CCOc1ccc(C(=O)NC(C(=O)OC)C(C)(C)NC(=O)OC(C)(C)C)cc1.CC#CCOc1ccc(C(=O)N[C@@H](C(=O)OC)C(C)(C)NC(=O)OC(C)(C)C)cc1.CC#CCOc1ccc(C(=O)N[C@H](C(=O)OC)C(C)(C)NC(=O)OC(C)(C)C)cc1. The van der Waals surface area contributed by atoms with Crippen LogP contribution in [0.15, 0.2) is 72.8 Å². The Bertz CT molecular complexity index is 2770. The monoisotopic (exact) mass is 1250 g/mol. The quantitative estimate of drug-likeness (QED) is 0.0334. The number of esters is 3. The van der Waals surface area contributed by atoms with E-state index in [2.05, 4.69) is 67.4 Å². The summed E-state index contributed by atoms with van der Waals surface area (Å²) in [6, 6.07) is 15.7. The second-order valence-electron chi connectivity index (χ2n) is 24.1. The molecule has 3 atom stereocenters. The highest BCUT2D eigenvalue weighted by molar-refractivity contribution is 5.99. The smallest absolute Gasteiger partial charge is 0.408 e. The predicted octanol–water partition coefficient (Wildman–Crippen LogP) is 7.99. The fraction of sp³-hybridized carbons (Fsp3) is 0.500. The van der Waals surface area contributed by atoms with Crippen LogP contribution in [0.5, 0.6) is 17.2 Å². The zero-order valence-corrected chi connectivity index (χ0v) is 55.6. The average molecular weight is 1260 g/mol. The van der Waals surface area contributed by atoms with Crippen molar-refractivity contribution < 1.29 is 85.8 Å². The Kier molecular flexibility index (Phi) is 31.4. The van der Waals surface area contributed by atoms with E-state index in [4.69, 9.17) is 42.6 Å². The van der Waals surface area contributed by atoms with Gasteiger partial charge in [-0.1, -0.05) is 17.8 Å². The van der Waals surface area contributed by atoms with Crippen LogP contribution in [-0.2, 0) is 42.8 Å². The molecule has 0 spiro atoms. The van der Waals surface area contributed by atoms with Crippen LogP contribution in [-0.4, -0.2) is 147 Å². The van der Waals surface area contributed by atoms with E-state index < -0.39 is 105 Å². The van der Waals surface area contributed by atoms with Gasteiger partial charge in [-0.05, 0) is 197 Å². The van der Waals surface area contributed by atoms with E-state index in [0.29, 0.717) is 33.9 Å². The zero-order chi connectivity index (χ0) is 68.8. The van der Waals surface area contributed by atoms with Crippen LogP contribution in [0.25, 0.3) is 0 Å². The molecular formula is C66H90N6O18. The molecule has 90 heavy (non-hydrogen) atoms. The lowest BCUT2D eigenvalue weighted by Crippen LogP contribution is -2.62. The van der Waals surface area contributed by atoms with E-state index in [-0.39, 0.29) is 19.8 Å². The standard InChI is InChI=1S/3C22H30N2O6/c3*1-8-9-14-29-16-12-10-15(11-13-16)18(25)23-17(19(26)28-7)22(5,6)24-20(27)30-21(2,3)4/h3*10-13,17H,14H2,1-7H3,(H,23,25)(H,24,27)/t2*17-;/m10./s1. The molecule has 0 fully saturated rings. The summed E-state index contributed by atoms with van der Waals surface area (Å²) in [5, 5.41) is 15.7. The van der Waals surface area contributed by atoms with Gasteiger partial charge < -0.3 is 74.5 Å². The van der Waals surface area contributed by atoms with Crippen molar-refractivity contribution in [3.8, 4) is 52.8 Å².